The SMILES string of the molecule is CC1=C(N)C=C2[N+](c3ccccc3)=c3cc(NCCCCCCNc4cc5c(cc4C)nc4cc(C)c(NCCCCCCCc6cc7c(cc6C)nc6cc(C)c(N)cc6[n+]7-c6ccccc6)cc4[n+]5-c4ccccc4)c(C)cc3=NC2(C)C1. The van der Waals surface area contributed by atoms with Gasteiger partial charge in [-0.15, -0.1) is 9.13 Å². The first-order valence-corrected chi connectivity index (χ1v) is 30.9. The van der Waals surface area contributed by atoms with Crippen molar-refractivity contribution in [3.63, 3.8) is 0 Å². The molecule has 11 nitrogen and oxygen atoms in total. The Morgan fingerprint density at radius 2 is 0.894 bits per heavy atom. The highest BCUT2D eigenvalue weighted by Crippen LogP contribution is 2.37. The van der Waals surface area contributed by atoms with Crippen molar-refractivity contribution < 1.29 is 9.13 Å². The summed E-state index contributed by atoms with van der Waals surface area (Å²) in [6.07, 6.45) is 14.3. The number of hydrogen-bond donors (Lipinski definition) is 5. The molecule has 0 saturated carbocycles. The van der Waals surface area contributed by atoms with Crippen LogP contribution in [-0.2, 0) is 6.42 Å². The number of nitrogens with one attached hydrogen (secondary N) is 3. The van der Waals surface area contributed by atoms with Crippen LogP contribution in [0, 0.1) is 34.6 Å². The Morgan fingerprint density at radius 1 is 0.459 bits per heavy atom. The Hall–Kier alpha value is -8.96. The second-order valence-electron chi connectivity index (χ2n) is 24.2. The van der Waals surface area contributed by atoms with Crippen LogP contribution in [0.1, 0.15) is 111 Å². The predicted molar refractivity (Wildman–Crippen MR) is 353 cm³/mol. The predicted octanol–water partition coefficient (Wildman–Crippen LogP) is 14.2. The topological polar surface area (TPSA) is 137 Å². The van der Waals surface area contributed by atoms with Crippen molar-refractivity contribution in [2.75, 3.05) is 41.3 Å². The first-order chi connectivity index (χ1) is 41.3. The molecule has 85 heavy (non-hydrogen) atoms. The number of fused-ring (bicyclic) bond motifs is 6. The molecule has 0 fully saturated rings. The quantitative estimate of drug-likeness (QED) is 0.0209. The van der Waals surface area contributed by atoms with Gasteiger partial charge in [-0.3, -0.25) is 4.99 Å². The first kappa shape index (κ1) is 56.5. The minimum Gasteiger partial charge on any atom is -0.399 e. The summed E-state index contributed by atoms with van der Waals surface area (Å²) in [5, 5.41) is 13.6. The summed E-state index contributed by atoms with van der Waals surface area (Å²) in [5.41, 5.74) is 39.0. The fourth-order valence-corrected chi connectivity index (χ4v) is 12.9. The Bertz CT molecular complexity index is 4380. The fourth-order valence-electron chi connectivity index (χ4n) is 12.9. The summed E-state index contributed by atoms with van der Waals surface area (Å²) < 4.78 is 7.08. The van der Waals surface area contributed by atoms with Crippen LogP contribution in [0.2, 0.25) is 0 Å². The molecule has 0 bridgehead atoms. The largest absolute Gasteiger partial charge is 0.399 e. The van der Waals surface area contributed by atoms with Crippen molar-refractivity contribution in [1.82, 2.24) is 14.5 Å². The number of hydrogen-bond acceptors (Lipinski definition) is 8. The molecule has 2 aromatic heterocycles. The lowest BCUT2D eigenvalue weighted by atomic mass is 9.83. The van der Waals surface area contributed by atoms with E-state index < -0.39 is 0 Å². The van der Waals surface area contributed by atoms with E-state index >= 15 is 0 Å². The second-order valence-corrected chi connectivity index (χ2v) is 24.2. The van der Waals surface area contributed by atoms with Crippen LogP contribution in [0.15, 0.2) is 180 Å². The van der Waals surface area contributed by atoms with Crippen LogP contribution < -0.4 is 51.8 Å². The van der Waals surface area contributed by atoms with E-state index in [1.807, 2.05) is 0 Å². The maximum absolute atomic E-state index is 6.56. The summed E-state index contributed by atoms with van der Waals surface area (Å²) >= 11 is 0. The number of benzene rings is 8. The number of nitrogen functional groups attached to an aromatic ring is 1. The molecule has 1 aliphatic carbocycles. The molecule has 1 unspecified atom stereocenters. The van der Waals surface area contributed by atoms with Crippen LogP contribution in [0.3, 0.4) is 0 Å². The van der Waals surface area contributed by atoms with Crippen LogP contribution in [-0.4, -0.2) is 35.1 Å². The average Bonchev–Trinajstić information content (AvgIpc) is 2.29. The summed E-state index contributed by atoms with van der Waals surface area (Å²) in [4.78, 5) is 15.8. The minimum absolute atomic E-state index is 0.386. The second kappa shape index (κ2) is 24.3. The van der Waals surface area contributed by atoms with E-state index in [1.165, 1.54) is 52.7 Å². The fraction of sp³-hybridized carbons (Fsp3) is 0.297. The van der Waals surface area contributed by atoms with Gasteiger partial charge in [0.25, 0.3) is 0 Å². The molecule has 1 atom stereocenters. The Balaban J connectivity index is 0.663. The standard InChI is InChI=1S/C74H79N11/c1-48-36-63-68(83(55-27-17-13-18-28-55)69-42-58(75)49(2)37-64(69)80-63)41-54(48)26-16-9-8-10-23-33-77-60-44-70-65(38-50(60)3)81-66-39-51(4)61(45-71(66)84(70)56-29-19-14-20-30-56)78-34-24-11-12-25-35-79-62-46-72-67(40-52(62)5)82-74(7)47-53(6)59(76)43-73(74)85(72)57-31-21-15-22-32-57/h13-15,17-22,27-32,36-46,75H,8-12,16,23-26,33-35,47,76H2,1-7H3,(H,77,78)/p+3. The van der Waals surface area contributed by atoms with Gasteiger partial charge in [0.2, 0.25) is 50.2 Å². The third kappa shape index (κ3) is 11.7. The highest BCUT2D eigenvalue weighted by molar-refractivity contribution is 5.88. The highest BCUT2D eigenvalue weighted by atomic mass is 15.1. The summed E-state index contributed by atoms with van der Waals surface area (Å²) in [6, 6.07) is 54.4. The Kier molecular flexibility index (Phi) is 16.2. The molecule has 8 aromatic carbocycles. The molecule has 0 amide bonds. The van der Waals surface area contributed by atoms with Crippen LogP contribution in [0.4, 0.5) is 28.4 Å². The number of nitrogens with zero attached hydrogens (tertiary/aromatic N) is 6. The number of anilines is 4. The normalized spacial score (nSPS) is 14.9. The highest BCUT2D eigenvalue weighted by Gasteiger charge is 2.44. The number of nitrogens with two attached hydrogens (primary N) is 2. The van der Waals surface area contributed by atoms with Gasteiger partial charge in [0.15, 0.2) is 0 Å². The van der Waals surface area contributed by atoms with E-state index in [-0.39, 0.29) is 5.54 Å². The van der Waals surface area contributed by atoms with Crippen molar-refractivity contribution in [1.29, 1.82) is 0 Å². The maximum atomic E-state index is 6.56. The van der Waals surface area contributed by atoms with E-state index in [0.717, 1.165) is 183 Å². The molecule has 0 spiro atoms. The molecule has 3 heterocycles. The third-order valence-electron chi connectivity index (χ3n) is 17.7. The van der Waals surface area contributed by atoms with Gasteiger partial charge < -0.3 is 27.4 Å². The summed E-state index contributed by atoms with van der Waals surface area (Å²) in [5.74, 6) is 0. The third-order valence-corrected chi connectivity index (χ3v) is 17.7. The first-order valence-electron chi connectivity index (χ1n) is 30.9. The van der Waals surface area contributed by atoms with Gasteiger partial charge in [-0.05, 0) is 150 Å². The van der Waals surface area contributed by atoms with Gasteiger partial charge in [0.1, 0.15) is 33.0 Å². The van der Waals surface area contributed by atoms with Crippen LogP contribution in [0.25, 0.3) is 55.5 Å². The van der Waals surface area contributed by atoms with Crippen molar-refractivity contribution >= 4 is 72.6 Å². The molecule has 0 saturated heterocycles. The Morgan fingerprint density at radius 3 is 1.44 bits per heavy atom. The molecule has 0 radical (unpaired) electrons. The van der Waals surface area contributed by atoms with Crippen LogP contribution >= 0.6 is 0 Å². The van der Waals surface area contributed by atoms with Gasteiger partial charge in [0, 0.05) is 127 Å². The van der Waals surface area contributed by atoms with Gasteiger partial charge in [-0.25, -0.2) is 9.97 Å². The monoisotopic (exact) mass is 1120 g/mol. The van der Waals surface area contributed by atoms with Crippen LogP contribution in [0.5, 0.6) is 0 Å². The maximum Gasteiger partial charge on any atom is 0.239 e. The van der Waals surface area contributed by atoms with Gasteiger partial charge in [-0.2, -0.15) is 4.58 Å². The lowest BCUT2D eigenvalue weighted by Gasteiger charge is -2.31. The molecule has 1 aliphatic heterocycles. The molecule has 11 heteroatoms. The number of aromatic nitrogens is 4. The summed E-state index contributed by atoms with van der Waals surface area (Å²) in [6.45, 7) is 18.0. The molecule has 7 N–H and O–H groups in total. The zero-order valence-corrected chi connectivity index (χ0v) is 50.7. The van der Waals surface area contributed by atoms with Crippen molar-refractivity contribution in [3.8, 4) is 11.4 Å². The zero-order chi connectivity index (χ0) is 58.8. The van der Waals surface area contributed by atoms with E-state index in [9.17, 15) is 0 Å². The molecule has 12 rings (SSSR count). The summed E-state index contributed by atoms with van der Waals surface area (Å²) in [7, 11) is 0. The van der Waals surface area contributed by atoms with Crippen molar-refractivity contribution in [3.05, 3.63) is 219 Å². The van der Waals surface area contributed by atoms with Gasteiger partial charge in [-0.1, -0.05) is 86.7 Å². The number of allylic oxidation sites excluding steroid dienone is 1. The number of aryl methyl sites for hydroxylation is 6. The van der Waals surface area contributed by atoms with E-state index in [0.29, 0.717) is 0 Å². The van der Waals surface area contributed by atoms with Crippen molar-refractivity contribution in [2.45, 2.75) is 125 Å². The van der Waals surface area contributed by atoms with E-state index in [1.54, 1.807) is 0 Å². The van der Waals surface area contributed by atoms with Gasteiger partial charge >= 0.3 is 0 Å². The molecular formula is C74H82N11+3. The van der Waals surface area contributed by atoms with E-state index in [2.05, 4.69) is 236 Å². The number of para-hydroxylation sites is 3. The average molecular weight is 1130 g/mol. The smallest absolute Gasteiger partial charge is 0.239 e. The number of unbranched alkanes of at least 4 members (excludes halogenated alkanes) is 7. The Labute approximate surface area is 500 Å². The van der Waals surface area contributed by atoms with E-state index in [4.69, 9.17) is 26.4 Å². The van der Waals surface area contributed by atoms with Crippen molar-refractivity contribution in [2.24, 2.45) is 10.7 Å². The molecule has 430 valence electrons. The number of rotatable bonds is 21. The molecule has 10 aromatic rings. The zero-order valence-electron chi connectivity index (χ0n) is 50.7. The minimum atomic E-state index is -0.386. The lowest BCUT2D eigenvalue weighted by Crippen LogP contribution is -2.51. The lowest BCUT2D eigenvalue weighted by molar-refractivity contribution is -0.538. The van der Waals surface area contributed by atoms with Gasteiger partial charge in [0.05, 0.1) is 0 Å². The molecule has 2 aliphatic rings. The molecular weight excluding hydrogens is 1040 g/mol.